The molecule has 0 fully saturated rings. The van der Waals surface area contributed by atoms with Crippen LogP contribution in [0.5, 0.6) is 5.75 Å². The average Bonchev–Trinajstić information content (AvgIpc) is 2.28. The van der Waals surface area contributed by atoms with Crippen molar-refractivity contribution >= 4 is 6.08 Å². The molecule has 1 atom stereocenters. The zero-order valence-corrected chi connectivity index (χ0v) is 9.72. The third kappa shape index (κ3) is 4.47. The second-order valence-corrected chi connectivity index (χ2v) is 3.29. The third-order valence-electron chi connectivity index (χ3n) is 2.00. The summed E-state index contributed by atoms with van der Waals surface area (Å²) in [6.45, 7) is 4.49. The lowest BCUT2D eigenvalue weighted by atomic mass is 10.2. The maximum absolute atomic E-state index is 8.63. The van der Waals surface area contributed by atoms with Gasteiger partial charge >= 0.3 is 0 Å². The molecule has 1 aromatic rings. The maximum atomic E-state index is 8.63. The molecule has 16 heavy (non-hydrogen) atoms. The Hall–Kier alpha value is -1.32. The molecular formula is C13H18O3. The molecule has 1 unspecified atom stereocenters. The molecule has 0 bridgehead atoms. The van der Waals surface area contributed by atoms with Crippen molar-refractivity contribution in [2.75, 3.05) is 13.2 Å². The van der Waals surface area contributed by atoms with Crippen LogP contribution < -0.4 is 4.74 Å². The molecule has 1 aromatic carbocycles. The van der Waals surface area contributed by atoms with Gasteiger partial charge in [-0.1, -0.05) is 24.3 Å². The molecule has 0 heterocycles. The normalized spacial score (nSPS) is 12.9. The van der Waals surface area contributed by atoms with E-state index in [2.05, 4.69) is 0 Å². The Morgan fingerprint density at radius 2 is 2.00 bits per heavy atom. The maximum Gasteiger partial charge on any atom is 0.196 e. The fraction of sp³-hybridized carbons (Fsp3) is 0.385. The van der Waals surface area contributed by atoms with Gasteiger partial charge in [0.1, 0.15) is 5.75 Å². The van der Waals surface area contributed by atoms with E-state index < -0.39 is 0 Å². The van der Waals surface area contributed by atoms with Crippen molar-refractivity contribution in [1.29, 1.82) is 0 Å². The molecule has 0 aliphatic rings. The van der Waals surface area contributed by atoms with Crippen LogP contribution in [0, 0.1) is 0 Å². The van der Waals surface area contributed by atoms with E-state index in [1.54, 1.807) is 6.08 Å². The lowest BCUT2D eigenvalue weighted by molar-refractivity contribution is -0.0613. The molecule has 0 aromatic heterocycles. The van der Waals surface area contributed by atoms with Crippen LogP contribution >= 0.6 is 0 Å². The van der Waals surface area contributed by atoms with E-state index in [1.807, 2.05) is 44.2 Å². The molecule has 1 rings (SSSR count). The predicted octanol–water partition coefficient (Wildman–Crippen LogP) is 2.45. The second-order valence-electron chi connectivity index (χ2n) is 3.29. The van der Waals surface area contributed by atoms with E-state index >= 15 is 0 Å². The Morgan fingerprint density at radius 3 is 2.56 bits per heavy atom. The lowest BCUT2D eigenvalue weighted by Gasteiger charge is -2.14. The fourth-order valence-corrected chi connectivity index (χ4v) is 1.31. The van der Waals surface area contributed by atoms with Gasteiger partial charge in [-0.15, -0.1) is 0 Å². The van der Waals surface area contributed by atoms with Crippen molar-refractivity contribution in [3.63, 3.8) is 0 Å². The van der Waals surface area contributed by atoms with Gasteiger partial charge in [-0.2, -0.15) is 0 Å². The Morgan fingerprint density at radius 1 is 1.31 bits per heavy atom. The van der Waals surface area contributed by atoms with E-state index in [1.165, 1.54) is 0 Å². The van der Waals surface area contributed by atoms with Gasteiger partial charge in [-0.25, -0.2) is 0 Å². The zero-order valence-electron chi connectivity index (χ0n) is 9.72. The summed E-state index contributed by atoms with van der Waals surface area (Å²) in [6, 6.07) is 7.62. The second kappa shape index (κ2) is 7.04. The molecule has 0 spiro atoms. The average molecular weight is 222 g/mol. The standard InChI is InChI=1S/C13H18O3/c1-3-15-11(2)16-13-8-6-12(7-9-13)5-4-10-14/h4-9,11,14H,3,10H2,1-2H3/b5-4-. The number of aliphatic hydroxyl groups is 1. The first-order chi connectivity index (χ1) is 7.76. The van der Waals surface area contributed by atoms with Crippen LogP contribution in [0.1, 0.15) is 19.4 Å². The summed E-state index contributed by atoms with van der Waals surface area (Å²) in [5.74, 6) is 0.780. The summed E-state index contributed by atoms with van der Waals surface area (Å²) in [4.78, 5) is 0. The summed E-state index contributed by atoms with van der Waals surface area (Å²) in [5.41, 5.74) is 1.03. The molecule has 88 valence electrons. The third-order valence-corrected chi connectivity index (χ3v) is 2.00. The van der Waals surface area contributed by atoms with Crippen molar-refractivity contribution in [3.05, 3.63) is 35.9 Å². The number of ether oxygens (including phenoxy) is 2. The molecule has 3 nitrogen and oxygen atoms in total. The smallest absolute Gasteiger partial charge is 0.196 e. The summed E-state index contributed by atoms with van der Waals surface area (Å²) in [7, 11) is 0. The van der Waals surface area contributed by atoms with Crippen molar-refractivity contribution in [3.8, 4) is 5.75 Å². The fourth-order valence-electron chi connectivity index (χ4n) is 1.31. The number of hydrogen-bond acceptors (Lipinski definition) is 3. The highest BCUT2D eigenvalue weighted by Gasteiger charge is 2.01. The molecule has 0 aliphatic heterocycles. The monoisotopic (exact) mass is 222 g/mol. The van der Waals surface area contributed by atoms with Gasteiger partial charge in [0.05, 0.1) is 6.61 Å². The van der Waals surface area contributed by atoms with Gasteiger partial charge in [0, 0.05) is 6.61 Å². The van der Waals surface area contributed by atoms with Crippen LogP contribution in [0.4, 0.5) is 0 Å². The number of hydrogen-bond donors (Lipinski definition) is 1. The molecule has 3 heteroatoms. The van der Waals surface area contributed by atoms with Crippen LogP contribution in [0.25, 0.3) is 6.08 Å². The molecule has 0 radical (unpaired) electrons. The summed E-state index contributed by atoms with van der Waals surface area (Å²) >= 11 is 0. The molecule has 0 aliphatic carbocycles. The molecule has 0 saturated carbocycles. The first-order valence-corrected chi connectivity index (χ1v) is 5.42. The minimum Gasteiger partial charge on any atom is -0.465 e. The molecular weight excluding hydrogens is 204 g/mol. The molecule has 1 N–H and O–H groups in total. The Balaban J connectivity index is 2.54. The summed E-state index contributed by atoms with van der Waals surface area (Å²) in [6.07, 6.45) is 3.32. The van der Waals surface area contributed by atoms with Crippen molar-refractivity contribution < 1.29 is 14.6 Å². The quantitative estimate of drug-likeness (QED) is 0.751. The minimum atomic E-state index is -0.233. The number of rotatable bonds is 6. The van der Waals surface area contributed by atoms with Gasteiger partial charge in [0.15, 0.2) is 6.29 Å². The summed E-state index contributed by atoms with van der Waals surface area (Å²) in [5, 5.41) is 8.63. The van der Waals surface area contributed by atoms with Gasteiger partial charge in [0.25, 0.3) is 0 Å². The predicted molar refractivity (Wildman–Crippen MR) is 64.3 cm³/mol. The van der Waals surface area contributed by atoms with Gasteiger partial charge < -0.3 is 14.6 Å². The van der Waals surface area contributed by atoms with Crippen molar-refractivity contribution in [1.82, 2.24) is 0 Å². The Labute approximate surface area is 96.3 Å². The zero-order chi connectivity index (χ0) is 11.8. The minimum absolute atomic E-state index is 0.0552. The highest BCUT2D eigenvalue weighted by Crippen LogP contribution is 2.15. The largest absolute Gasteiger partial charge is 0.465 e. The highest BCUT2D eigenvalue weighted by atomic mass is 16.7. The van der Waals surface area contributed by atoms with E-state index in [0.29, 0.717) is 6.61 Å². The van der Waals surface area contributed by atoms with Crippen LogP contribution in [0.2, 0.25) is 0 Å². The van der Waals surface area contributed by atoms with E-state index in [9.17, 15) is 0 Å². The first-order valence-electron chi connectivity index (χ1n) is 5.42. The molecule has 0 amide bonds. The van der Waals surface area contributed by atoms with Crippen LogP contribution in [0.3, 0.4) is 0 Å². The van der Waals surface area contributed by atoms with Crippen LogP contribution in [-0.2, 0) is 4.74 Å². The number of aliphatic hydroxyl groups excluding tert-OH is 1. The van der Waals surface area contributed by atoms with Crippen LogP contribution in [-0.4, -0.2) is 24.6 Å². The van der Waals surface area contributed by atoms with E-state index in [0.717, 1.165) is 11.3 Å². The van der Waals surface area contributed by atoms with Gasteiger partial charge in [-0.05, 0) is 31.5 Å². The lowest BCUT2D eigenvalue weighted by Crippen LogP contribution is -2.15. The molecule has 0 saturated heterocycles. The SMILES string of the molecule is CCOC(C)Oc1ccc(/C=C\CO)cc1. The Bertz CT molecular complexity index is 316. The van der Waals surface area contributed by atoms with Crippen LogP contribution in [0.15, 0.2) is 30.3 Å². The summed E-state index contributed by atoms with van der Waals surface area (Å²) < 4.78 is 10.8. The van der Waals surface area contributed by atoms with E-state index in [4.69, 9.17) is 14.6 Å². The van der Waals surface area contributed by atoms with Gasteiger partial charge in [0.2, 0.25) is 0 Å². The van der Waals surface area contributed by atoms with E-state index in [-0.39, 0.29) is 12.9 Å². The van der Waals surface area contributed by atoms with Crippen molar-refractivity contribution in [2.45, 2.75) is 20.1 Å². The topological polar surface area (TPSA) is 38.7 Å². The Kier molecular flexibility index (Phi) is 5.61. The first kappa shape index (κ1) is 12.7. The number of benzene rings is 1. The van der Waals surface area contributed by atoms with Crippen molar-refractivity contribution in [2.24, 2.45) is 0 Å². The highest BCUT2D eigenvalue weighted by molar-refractivity contribution is 5.50. The van der Waals surface area contributed by atoms with Gasteiger partial charge in [-0.3, -0.25) is 0 Å².